The van der Waals surface area contributed by atoms with Gasteiger partial charge in [-0.1, -0.05) is 0 Å². The number of benzene rings is 2. The lowest BCUT2D eigenvalue weighted by atomic mass is 10.2. The van der Waals surface area contributed by atoms with E-state index in [1.54, 1.807) is 36.1 Å². The van der Waals surface area contributed by atoms with Gasteiger partial charge >= 0.3 is 0 Å². The van der Waals surface area contributed by atoms with E-state index >= 15 is 0 Å². The fourth-order valence-electron chi connectivity index (χ4n) is 3.36. The van der Waals surface area contributed by atoms with Crippen molar-refractivity contribution in [3.05, 3.63) is 78.7 Å². The Morgan fingerprint density at radius 3 is 2.67 bits per heavy atom. The molecule has 2 aromatic carbocycles. The average Bonchev–Trinajstić information content (AvgIpc) is 3.50. The van der Waals surface area contributed by atoms with Crippen molar-refractivity contribution in [2.24, 2.45) is 0 Å². The van der Waals surface area contributed by atoms with Crippen LogP contribution in [0.3, 0.4) is 0 Å². The molecular formula is C23H16N8OS. The van der Waals surface area contributed by atoms with Crippen LogP contribution in [0.4, 0.5) is 23.1 Å². The van der Waals surface area contributed by atoms with Crippen LogP contribution in [0.15, 0.2) is 78.7 Å². The molecule has 0 aliphatic rings. The first kappa shape index (κ1) is 19.1. The number of ether oxygens (including phenoxy) is 1. The summed E-state index contributed by atoms with van der Waals surface area (Å²) in [7, 11) is 0. The van der Waals surface area contributed by atoms with Crippen LogP contribution < -0.4 is 15.4 Å². The van der Waals surface area contributed by atoms with Crippen LogP contribution in [0.25, 0.3) is 21.1 Å². The lowest BCUT2D eigenvalue weighted by molar-refractivity contribution is 0.460. The number of thiophene rings is 1. The third-order valence-electron chi connectivity index (χ3n) is 4.88. The highest BCUT2D eigenvalue weighted by molar-refractivity contribution is 7.17. The van der Waals surface area contributed by atoms with E-state index in [9.17, 15) is 0 Å². The summed E-state index contributed by atoms with van der Waals surface area (Å²) in [5, 5.41) is 16.8. The molecule has 0 spiro atoms. The van der Waals surface area contributed by atoms with E-state index in [0.29, 0.717) is 17.6 Å². The third-order valence-corrected chi connectivity index (χ3v) is 5.79. The van der Waals surface area contributed by atoms with Gasteiger partial charge in [0.25, 0.3) is 0 Å². The van der Waals surface area contributed by atoms with Crippen LogP contribution in [0.2, 0.25) is 0 Å². The Labute approximate surface area is 191 Å². The molecule has 4 heterocycles. The molecule has 4 aromatic heterocycles. The summed E-state index contributed by atoms with van der Waals surface area (Å²) in [4.78, 5) is 17.5. The summed E-state index contributed by atoms with van der Waals surface area (Å²) in [5.74, 6) is 2.33. The first-order chi connectivity index (χ1) is 16.3. The maximum absolute atomic E-state index is 5.69. The molecule has 10 heteroatoms. The van der Waals surface area contributed by atoms with Crippen molar-refractivity contribution >= 4 is 55.6 Å². The highest BCUT2D eigenvalue weighted by atomic mass is 32.1. The Balaban J connectivity index is 1.25. The van der Waals surface area contributed by atoms with E-state index in [2.05, 4.69) is 35.8 Å². The predicted molar refractivity (Wildman–Crippen MR) is 129 cm³/mol. The molecule has 0 unspecified atom stereocenters. The standard InChI is InChI=1S/C23H16N8OS/c1-4-17(32-20-13-24-8-9-25-20)5-2-15(1)28-23-29-19-7-10-33-21(19)22(30-23)27-16-3-6-18-14(11-16)12-26-31-18/h1-13H,(H,26,31)(H2,27,28,29,30). The number of rotatable bonds is 6. The van der Waals surface area contributed by atoms with E-state index in [1.165, 1.54) is 0 Å². The largest absolute Gasteiger partial charge is 0.438 e. The maximum atomic E-state index is 5.69. The van der Waals surface area contributed by atoms with Gasteiger partial charge in [0.15, 0.2) is 5.82 Å². The molecule has 0 radical (unpaired) electrons. The average molecular weight is 453 g/mol. The Kier molecular flexibility index (Phi) is 4.74. The minimum Gasteiger partial charge on any atom is -0.438 e. The van der Waals surface area contributed by atoms with Gasteiger partial charge in [-0.25, -0.2) is 9.97 Å². The number of H-pyrrole nitrogens is 1. The minimum atomic E-state index is 0.439. The van der Waals surface area contributed by atoms with Crippen molar-refractivity contribution < 1.29 is 4.74 Å². The summed E-state index contributed by atoms with van der Waals surface area (Å²) in [6.45, 7) is 0. The lowest BCUT2D eigenvalue weighted by Crippen LogP contribution is -2.01. The monoisotopic (exact) mass is 452 g/mol. The van der Waals surface area contributed by atoms with Crippen molar-refractivity contribution in [1.82, 2.24) is 30.1 Å². The van der Waals surface area contributed by atoms with E-state index in [1.807, 2.05) is 53.9 Å². The SMILES string of the molecule is c1cnc(Oc2ccc(Nc3nc(Nc4ccc5[nH]ncc5c4)c4sccc4n3)cc2)cn1. The summed E-state index contributed by atoms with van der Waals surface area (Å²) in [5.41, 5.74) is 3.61. The van der Waals surface area contributed by atoms with Gasteiger partial charge in [0.2, 0.25) is 11.8 Å². The Morgan fingerprint density at radius 1 is 0.879 bits per heavy atom. The van der Waals surface area contributed by atoms with Gasteiger partial charge < -0.3 is 15.4 Å². The topological polar surface area (TPSA) is 114 Å². The van der Waals surface area contributed by atoms with Crippen molar-refractivity contribution in [3.8, 4) is 11.6 Å². The normalized spacial score (nSPS) is 11.0. The van der Waals surface area contributed by atoms with Crippen LogP contribution in [-0.4, -0.2) is 30.1 Å². The molecule has 0 saturated carbocycles. The van der Waals surface area contributed by atoms with Crippen molar-refractivity contribution in [2.75, 3.05) is 10.6 Å². The quantitative estimate of drug-likeness (QED) is 0.298. The zero-order chi connectivity index (χ0) is 22.0. The molecule has 6 rings (SSSR count). The van der Waals surface area contributed by atoms with Crippen LogP contribution in [0.5, 0.6) is 11.6 Å². The minimum absolute atomic E-state index is 0.439. The zero-order valence-corrected chi connectivity index (χ0v) is 17.9. The molecule has 3 N–H and O–H groups in total. The zero-order valence-electron chi connectivity index (χ0n) is 17.1. The van der Waals surface area contributed by atoms with Gasteiger partial charge in [-0.2, -0.15) is 10.1 Å². The molecule has 9 nitrogen and oxygen atoms in total. The first-order valence-corrected chi connectivity index (χ1v) is 10.9. The van der Waals surface area contributed by atoms with E-state index in [4.69, 9.17) is 9.72 Å². The van der Waals surface area contributed by atoms with Gasteiger partial charge in [0.05, 0.1) is 28.1 Å². The van der Waals surface area contributed by atoms with E-state index in [0.717, 1.165) is 38.3 Å². The highest BCUT2D eigenvalue weighted by Gasteiger charge is 2.11. The maximum Gasteiger partial charge on any atom is 0.237 e. The molecule has 0 aliphatic heterocycles. The van der Waals surface area contributed by atoms with Gasteiger partial charge in [-0.3, -0.25) is 10.1 Å². The lowest BCUT2D eigenvalue weighted by Gasteiger charge is -2.11. The van der Waals surface area contributed by atoms with Crippen LogP contribution in [-0.2, 0) is 0 Å². The van der Waals surface area contributed by atoms with Crippen molar-refractivity contribution in [2.45, 2.75) is 0 Å². The number of fused-ring (bicyclic) bond motifs is 2. The van der Waals surface area contributed by atoms with Gasteiger partial charge in [0, 0.05) is 29.2 Å². The molecule has 160 valence electrons. The second-order valence-electron chi connectivity index (χ2n) is 7.12. The summed E-state index contributed by atoms with van der Waals surface area (Å²) in [6.07, 6.45) is 6.55. The number of hydrogen-bond donors (Lipinski definition) is 3. The Bertz CT molecular complexity index is 1550. The molecule has 0 fully saturated rings. The molecule has 0 atom stereocenters. The Morgan fingerprint density at radius 2 is 1.79 bits per heavy atom. The summed E-state index contributed by atoms with van der Waals surface area (Å²) >= 11 is 1.59. The third kappa shape index (κ3) is 4.02. The molecule has 0 saturated heterocycles. The Hall–Kier alpha value is -4.57. The molecule has 0 amide bonds. The molecule has 0 bridgehead atoms. The van der Waals surface area contributed by atoms with Crippen LogP contribution >= 0.6 is 11.3 Å². The van der Waals surface area contributed by atoms with Gasteiger partial charge in [0.1, 0.15) is 5.75 Å². The predicted octanol–water partition coefficient (Wildman–Crippen LogP) is 5.64. The fraction of sp³-hybridized carbons (Fsp3) is 0. The summed E-state index contributed by atoms with van der Waals surface area (Å²) < 4.78 is 6.68. The van der Waals surface area contributed by atoms with E-state index < -0.39 is 0 Å². The number of aromatic amines is 1. The number of aromatic nitrogens is 6. The summed E-state index contributed by atoms with van der Waals surface area (Å²) in [6, 6.07) is 15.5. The molecular weight excluding hydrogens is 436 g/mol. The van der Waals surface area contributed by atoms with Gasteiger partial charge in [-0.05, 0) is 53.9 Å². The van der Waals surface area contributed by atoms with Gasteiger partial charge in [-0.15, -0.1) is 11.3 Å². The number of nitrogens with one attached hydrogen (secondary N) is 3. The highest BCUT2D eigenvalue weighted by Crippen LogP contribution is 2.31. The smallest absolute Gasteiger partial charge is 0.237 e. The van der Waals surface area contributed by atoms with Crippen molar-refractivity contribution in [3.63, 3.8) is 0 Å². The first-order valence-electron chi connectivity index (χ1n) is 10.1. The second kappa shape index (κ2) is 8.17. The molecule has 6 aromatic rings. The second-order valence-corrected chi connectivity index (χ2v) is 8.04. The fourth-order valence-corrected chi connectivity index (χ4v) is 4.13. The molecule has 33 heavy (non-hydrogen) atoms. The van der Waals surface area contributed by atoms with Crippen LogP contribution in [0.1, 0.15) is 0 Å². The molecule has 0 aliphatic carbocycles. The number of anilines is 4. The number of hydrogen-bond acceptors (Lipinski definition) is 9. The van der Waals surface area contributed by atoms with Crippen molar-refractivity contribution in [1.29, 1.82) is 0 Å². The number of nitrogens with zero attached hydrogens (tertiary/aromatic N) is 5. The van der Waals surface area contributed by atoms with Crippen LogP contribution in [0, 0.1) is 0 Å². The van der Waals surface area contributed by atoms with E-state index in [-0.39, 0.29) is 0 Å².